The molecule has 1 aromatic carbocycles. The Balaban J connectivity index is 1.65. The summed E-state index contributed by atoms with van der Waals surface area (Å²) in [4.78, 5) is 12.1. The molecular weight excluding hydrogens is 252 g/mol. The molecule has 3 rings (SSSR count). The van der Waals surface area contributed by atoms with Crippen LogP contribution in [0.2, 0.25) is 0 Å². The lowest BCUT2D eigenvalue weighted by Crippen LogP contribution is -2.43. The van der Waals surface area contributed by atoms with Crippen LogP contribution in [0.1, 0.15) is 35.4 Å². The van der Waals surface area contributed by atoms with Gasteiger partial charge in [-0.2, -0.15) is 0 Å². The van der Waals surface area contributed by atoms with Gasteiger partial charge < -0.3 is 15.1 Å². The summed E-state index contributed by atoms with van der Waals surface area (Å²) in [5.74, 6) is 0.257. The SMILES string of the molecule is Cc1ccc2oc(C(=O)NCC3CCCCN3)cc2c1. The fourth-order valence-corrected chi connectivity index (χ4v) is 2.68. The van der Waals surface area contributed by atoms with Crippen LogP contribution < -0.4 is 10.6 Å². The lowest BCUT2D eigenvalue weighted by molar-refractivity contribution is 0.0922. The maximum Gasteiger partial charge on any atom is 0.287 e. The van der Waals surface area contributed by atoms with Crippen molar-refractivity contribution >= 4 is 16.9 Å². The fourth-order valence-electron chi connectivity index (χ4n) is 2.68. The number of amides is 1. The number of hydrogen-bond donors (Lipinski definition) is 2. The Morgan fingerprint density at radius 3 is 3.10 bits per heavy atom. The summed E-state index contributed by atoms with van der Waals surface area (Å²) in [7, 11) is 0. The van der Waals surface area contributed by atoms with Gasteiger partial charge in [-0.3, -0.25) is 4.79 Å². The van der Waals surface area contributed by atoms with E-state index < -0.39 is 0 Å². The second-order valence-corrected chi connectivity index (χ2v) is 5.51. The Hall–Kier alpha value is -1.81. The molecule has 1 saturated heterocycles. The van der Waals surface area contributed by atoms with Gasteiger partial charge in [0.25, 0.3) is 5.91 Å². The number of nitrogens with one attached hydrogen (secondary N) is 2. The van der Waals surface area contributed by atoms with Gasteiger partial charge in [-0.05, 0) is 44.5 Å². The van der Waals surface area contributed by atoms with Crippen LogP contribution in [0.3, 0.4) is 0 Å². The van der Waals surface area contributed by atoms with Gasteiger partial charge in [-0.25, -0.2) is 0 Å². The van der Waals surface area contributed by atoms with Crippen LogP contribution in [-0.4, -0.2) is 25.0 Å². The number of benzene rings is 1. The number of carbonyl (C=O) groups excluding carboxylic acids is 1. The van der Waals surface area contributed by atoms with E-state index >= 15 is 0 Å². The van der Waals surface area contributed by atoms with Crippen molar-refractivity contribution in [1.29, 1.82) is 0 Å². The normalized spacial score (nSPS) is 19.1. The zero-order valence-corrected chi connectivity index (χ0v) is 11.7. The van der Waals surface area contributed by atoms with Crippen molar-refractivity contribution in [2.75, 3.05) is 13.1 Å². The van der Waals surface area contributed by atoms with Crippen molar-refractivity contribution in [1.82, 2.24) is 10.6 Å². The van der Waals surface area contributed by atoms with Gasteiger partial charge >= 0.3 is 0 Å². The zero-order chi connectivity index (χ0) is 13.9. The molecule has 1 aromatic heterocycles. The predicted molar refractivity (Wildman–Crippen MR) is 78.9 cm³/mol. The maximum absolute atomic E-state index is 12.1. The highest BCUT2D eigenvalue weighted by Crippen LogP contribution is 2.20. The Labute approximate surface area is 118 Å². The van der Waals surface area contributed by atoms with Crippen molar-refractivity contribution in [2.24, 2.45) is 0 Å². The molecule has 106 valence electrons. The van der Waals surface area contributed by atoms with Gasteiger partial charge in [-0.15, -0.1) is 0 Å². The molecule has 1 amide bonds. The zero-order valence-electron chi connectivity index (χ0n) is 11.7. The highest BCUT2D eigenvalue weighted by molar-refractivity contribution is 5.96. The molecule has 0 bridgehead atoms. The van der Waals surface area contributed by atoms with E-state index in [9.17, 15) is 4.79 Å². The molecule has 0 spiro atoms. The Morgan fingerprint density at radius 2 is 2.30 bits per heavy atom. The van der Waals surface area contributed by atoms with E-state index in [0.717, 1.165) is 29.5 Å². The minimum Gasteiger partial charge on any atom is -0.451 e. The molecule has 0 saturated carbocycles. The minimum absolute atomic E-state index is 0.133. The Morgan fingerprint density at radius 1 is 1.40 bits per heavy atom. The summed E-state index contributed by atoms with van der Waals surface area (Å²) >= 11 is 0. The first-order chi connectivity index (χ1) is 9.72. The van der Waals surface area contributed by atoms with Crippen LogP contribution in [0, 0.1) is 6.92 Å². The van der Waals surface area contributed by atoms with Crippen LogP contribution in [0.25, 0.3) is 11.0 Å². The minimum atomic E-state index is -0.133. The quantitative estimate of drug-likeness (QED) is 0.903. The highest BCUT2D eigenvalue weighted by Gasteiger charge is 2.16. The fraction of sp³-hybridized carbons (Fsp3) is 0.438. The van der Waals surface area contributed by atoms with E-state index in [1.807, 2.05) is 31.2 Å². The van der Waals surface area contributed by atoms with Gasteiger partial charge in [0.15, 0.2) is 5.76 Å². The molecule has 1 atom stereocenters. The molecule has 0 aliphatic carbocycles. The molecule has 1 fully saturated rings. The number of furan rings is 1. The molecule has 2 aromatic rings. The molecule has 1 unspecified atom stereocenters. The smallest absolute Gasteiger partial charge is 0.287 e. The van der Waals surface area contributed by atoms with Gasteiger partial charge in [0.05, 0.1) is 0 Å². The molecule has 4 heteroatoms. The highest BCUT2D eigenvalue weighted by atomic mass is 16.3. The molecule has 20 heavy (non-hydrogen) atoms. The summed E-state index contributed by atoms with van der Waals surface area (Å²) in [5, 5.41) is 7.34. The molecular formula is C16H20N2O2. The third kappa shape index (κ3) is 2.85. The first kappa shape index (κ1) is 13.2. The lowest BCUT2D eigenvalue weighted by Gasteiger charge is -2.23. The third-order valence-corrected chi connectivity index (χ3v) is 3.82. The van der Waals surface area contributed by atoms with Crippen LogP contribution in [0.5, 0.6) is 0 Å². The molecule has 4 nitrogen and oxygen atoms in total. The number of rotatable bonds is 3. The van der Waals surface area contributed by atoms with Crippen LogP contribution in [0.4, 0.5) is 0 Å². The Bertz CT molecular complexity index is 612. The summed E-state index contributed by atoms with van der Waals surface area (Å²) in [6, 6.07) is 8.12. The average molecular weight is 272 g/mol. The number of carbonyl (C=O) groups is 1. The monoisotopic (exact) mass is 272 g/mol. The van der Waals surface area contributed by atoms with Gasteiger partial charge in [0, 0.05) is 18.0 Å². The average Bonchev–Trinajstić information content (AvgIpc) is 2.89. The van der Waals surface area contributed by atoms with Crippen LogP contribution in [0.15, 0.2) is 28.7 Å². The molecule has 2 N–H and O–H groups in total. The van der Waals surface area contributed by atoms with Crippen molar-refractivity contribution in [3.63, 3.8) is 0 Å². The van der Waals surface area contributed by atoms with Crippen LogP contribution >= 0.6 is 0 Å². The number of fused-ring (bicyclic) bond motifs is 1. The summed E-state index contributed by atoms with van der Waals surface area (Å²) in [6.45, 7) is 3.74. The lowest BCUT2D eigenvalue weighted by atomic mass is 10.1. The van der Waals surface area contributed by atoms with E-state index in [2.05, 4.69) is 10.6 Å². The summed E-state index contributed by atoms with van der Waals surface area (Å²) in [6.07, 6.45) is 3.59. The van der Waals surface area contributed by atoms with E-state index in [1.165, 1.54) is 12.8 Å². The molecule has 1 aliphatic rings. The predicted octanol–water partition coefficient (Wildman–Crippen LogP) is 2.61. The van der Waals surface area contributed by atoms with Crippen molar-refractivity contribution < 1.29 is 9.21 Å². The standard InChI is InChI=1S/C16H20N2O2/c1-11-5-6-14-12(8-11)9-15(20-14)16(19)18-10-13-4-2-3-7-17-13/h5-6,8-9,13,17H,2-4,7,10H2,1H3,(H,18,19). The maximum atomic E-state index is 12.1. The van der Waals surface area contributed by atoms with E-state index in [0.29, 0.717) is 18.3 Å². The second kappa shape index (κ2) is 5.67. The summed E-state index contributed by atoms with van der Waals surface area (Å²) in [5.41, 5.74) is 1.92. The topological polar surface area (TPSA) is 54.3 Å². The van der Waals surface area contributed by atoms with Crippen molar-refractivity contribution in [3.8, 4) is 0 Å². The van der Waals surface area contributed by atoms with Gasteiger partial charge in [-0.1, -0.05) is 18.1 Å². The van der Waals surface area contributed by atoms with E-state index in [-0.39, 0.29) is 5.91 Å². The Kier molecular flexibility index (Phi) is 3.74. The van der Waals surface area contributed by atoms with Crippen LogP contribution in [-0.2, 0) is 0 Å². The van der Waals surface area contributed by atoms with Gasteiger partial charge in [0.1, 0.15) is 5.58 Å². The largest absolute Gasteiger partial charge is 0.451 e. The number of piperidine rings is 1. The summed E-state index contributed by atoms with van der Waals surface area (Å²) < 4.78 is 5.59. The van der Waals surface area contributed by atoms with Crippen molar-refractivity contribution in [3.05, 3.63) is 35.6 Å². The second-order valence-electron chi connectivity index (χ2n) is 5.51. The van der Waals surface area contributed by atoms with E-state index in [1.54, 1.807) is 0 Å². The van der Waals surface area contributed by atoms with Gasteiger partial charge in [0.2, 0.25) is 0 Å². The number of aryl methyl sites for hydroxylation is 1. The first-order valence-electron chi connectivity index (χ1n) is 7.24. The first-order valence-corrected chi connectivity index (χ1v) is 7.24. The van der Waals surface area contributed by atoms with Crippen molar-refractivity contribution in [2.45, 2.75) is 32.2 Å². The van der Waals surface area contributed by atoms with E-state index in [4.69, 9.17) is 4.42 Å². The molecule has 0 radical (unpaired) electrons. The number of hydrogen-bond acceptors (Lipinski definition) is 3. The molecule has 2 heterocycles. The molecule has 1 aliphatic heterocycles. The third-order valence-electron chi connectivity index (χ3n) is 3.82.